The molecular formula is C13H19NO2. The first-order valence-electron chi connectivity index (χ1n) is 5.91. The molecule has 0 saturated heterocycles. The Balaban J connectivity index is 2.38. The molecule has 2 aliphatic rings. The second-order valence-corrected chi connectivity index (χ2v) is 6.13. The number of Topliss-reactive ketones (excluding diaryl/α,β-unsaturated/α-hetero) is 2. The molecule has 2 atom stereocenters. The summed E-state index contributed by atoms with van der Waals surface area (Å²) in [5.74, 6) is 0.500. The molecule has 1 heterocycles. The number of nitrogens with zero attached hydrogens (tertiary/aromatic N) is 1. The van der Waals surface area contributed by atoms with Crippen molar-refractivity contribution < 1.29 is 9.59 Å². The van der Waals surface area contributed by atoms with Gasteiger partial charge in [-0.1, -0.05) is 20.8 Å². The third kappa shape index (κ3) is 1.37. The average Bonchev–Trinajstić information content (AvgIpc) is 2.62. The van der Waals surface area contributed by atoms with E-state index in [2.05, 4.69) is 4.99 Å². The number of ketones is 2. The SMILES string of the molecule is CC(C)(C)C(=O)C1=NC[C@H]2CCC(=O)[C@@]12C. The summed E-state index contributed by atoms with van der Waals surface area (Å²) in [5.41, 5.74) is -0.489. The minimum Gasteiger partial charge on any atom is -0.299 e. The molecule has 0 bridgehead atoms. The van der Waals surface area contributed by atoms with Gasteiger partial charge in [0.1, 0.15) is 5.78 Å². The first kappa shape index (κ1) is 11.5. The van der Waals surface area contributed by atoms with Crippen molar-refractivity contribution in [2.45, 2.75) is 40.5 Å². The molecular weight excluding hydrogens is 202 g/mol. The second kappa shape index (κ2) is 3.25. The van der Waals surface area contributed by atoms with E-state index >= 15 is 0 Å². The van der Waals surface area contributed by atoms with Gasteiger partial charge >= 0.3 is 0 Å². The molecule has 0 radical (unpaired) electrons. The van der Waals surface area contributed by atoms with Gasteiger partial charge in [0.25, 0.3) is 0 Å². The molecule has 0 spiro atoms. The molecule has 2 rings (SSSR count). The Morgan fingerprint density at radius 1 is 1.44 bits per heavy atom. The monoisotopic (exact) mass is 221 g/mol. The van der Waals surface area contributed by atoms with Crippen molar-refractivity contribution in [3.8, 4) is 0 Å². The summed E-state index contributed by atoms with van der Waals surface area (Å²) in [5, 5.41) is 0. The normalized spacial score (nSPS) is 33.9. The maximum absolute atomic E-state index is 12.3. The maximum Gasteiger partial charge on any atom is 0.182 e. The molecule has 1 aliphatic carbocycles. The van der Waals surface area contributed by atoms with Crippen LogP contribution in [0.5, 0.6) is 0 Å². The van der Waals surface area contributed by atoms with Crippen molar-refractivity contribution in [1.29, 1.82) is 0 Å². The Labute approximate surface area is 96.3 Å². The van der Waals surface area contributed by atoms with Crippen LogP contribution in [0.4, 0.5) is 0 Å². The Bertz CT molecular complexity index is 389. The third-order valence-corrected chi connectivity index (χ3v) is 3.97. The predicted molar refractivity (Wildman–Crippen MR) is 62.6 cm³/mol. The summed E-state index contributed by atoms with van der Waals surface area (Å²) in [6.45, 7) is 8.21. The number of aliphatic imine (C=N–C) groups is 1. The Hall–Kier alpha value is -0.990. The lowest BCUT2D eigenvalue weighted by molar-refractivity contribution is -0.125. The number of fused-ring (bicyclic) bond motifs is 1. The summed E-state index contributed by atoms with van der Waals surface area (Å²) in [7, 11) is 0. The van der Waals surface area contributed by atoms with Crippen molar-refractivity contribution in [3.05, 3.63) is 0 Å². The molecule has 0 aromatic rings. The molecule has 3 heteroatoms. The molecule has 0 N–H and O–H groups in total. The lowest BCUT2D eigenvalue weighted by Gasteiger charge is -2.27. The molecule has 1 saturated carbocycles. The van der Waals surface area contributed by atoms with E-state index in [4.69, 9.17) is 0 Å². The molecule has 3 nitrogen and oxygen atoms in total. The van der Waals surface area contributed by atoms with E-state index < -0.39 is 10.8 Å². The summed E-state index contributed by atoms with van der Waals surface area (Å²) < 4.78 is 0. The molecule has 0 aromatic carbocycles. The smallest absolute Gasteiger partial charge is 0.182 e. The van der Waals surface area contributed by atoms with Crippen LogP contribution in [-0.2, 0) is 9.59 Å². The highest BCUT2D eigenvalue weighted by Crippen LogP contribution is 2.46. The highest BCUT2D eigenvalue weighted by molar-refractivity contribution is 6.47. The number of carbonyl (C=O) groups is 2. The fourth-order valence-corrected chi connectivity index (χ4v) is 2.71. The van der Waals surface area contributed by atoms with Gasteiger partial charge in [0.05, 0.1) is 11.1 Å². The first-order chi connectivity index (χ1) is 7.28. The van der Waals surface area contributed by atoms with Crippen LogP contribution in [0.2, 0.25) is 0 Å². The molecule has 1 aliphatic heterocycles. The van der Waals surface area contributed by atoms with Gasteiger partial charge < -0.3 is 0 Å². The number of rotatable bonds is 1. The highest BCUT2D eigenvalue weighted by Gasteiger charge is 2.55. The highest BCUT2D eigenvalue weighted by atomic mass is 16.1. The van der Waals surface area contributed by atoms with E-state index in [1.54, 1.807) is 0 Å². The van der Waals surface area contributed by atoms with Crippen LogP contribution in [0.1, 0.15) is 40.5 Å². The van der Waals surface area contributed by atoms with Gasteiger partial charge in [-0.15, -0.1) is 0 Å². The van der Waals surface area contributed by atoms with Crippen molar-refractivity contribution >= 4 is 17.3 Å². The second-order valence-electron chi connectivity index (χ2n) is 6.13. The zero-order valence-electron chi connectivity index (χ0n) is 10.5. The van der Waals surface area contributed by atoms with Gasteiger partial charge in [-0.3, -0.25) is 14.6 Å². The van der Waals surface area contributed by atoms with Crippen LogP contribution in [-0.4, -0.2) is 23.8 Å². The maximum atomic E-state index is 12.3. The third-order valence-electron chi connectivity index (χ3n) is 3.97. The zero-order chi connectivity index (χ0) is 12.1. The van der Waals surface area contributed by atoms with E-state index in [0.717, 1.165) is 6.42 Å². The molecule has 88 valence electrons. The fourth-order valence-electron chi connectivity index (χ4n) is 2.71. The van der Waals surface area contributed by atoms with Crippen LogP contribution in [0.25, 0.3) is 0 Å². The minimum atomic E-state index is -0.579. The van der Waals surface area contributed by atoms with Gasteiger partial charge in [-0.2, -0.15) is 0 Å². The average molecular weight is 221 g/mol. The van der Waals surface area contributed by atoms with Gasteiger partial charge in [0.15, 0.2) is 5.78 Å². The Morgan fingerprint density at radius 2 is 2.06 bits per heavy atom. The summed E-state index contributed by atoms with van der Waals surface area (Å²) >= 11 is 0. The van der Waals surface area contributed by atoms with Crippen molar-refractivity contribution in [1.82, 2.24) is 0 Å². The quantitative estimate of drug-likeness (QED) is 0.680. The topological polar surface area (TPSA) is 46.5 Å². The van der Waals surface area contributed by atoms with Crippen molar-refractivity contribution in [2.75, 3.05) is 6.54 Å². The number of hydrogen-bond acceptors (Lipinski definition) is 3. The van der Waals surface area contributed by atoms with Crippen molar-refractivity contribution in [2.24, 2.45) is 21.7 Å². The molecule has 0 unspecified atom stereocenters. The molecule has 1 fully saturated rings. The van der Waals surface area contributed by atoms with E-state index in [9.17, 15) is 9.59 Å². The van der Waals surface area contributed by atoms with Crippen LogP contribution < -0.4 is 0 Å². The van der Waals surface area contributed by atoms with Gasteiger partial charge in [0.2, 0.25) is 0 Å². The fraction of sp³-hybridized carbons (Fsp3) is 0.769. The molecule has 16 heavy (non-hydrogen) atoms. The van der Waals surface area contributed by atoms with Crippen LogP contribution in [0, 0.1) is 16.7 Å². The van der Waals surface area contributed by atoms with Crippen LogP contribution >= 0.6 is 0 Å². The van der Waals surface area contributed by atoms with E-state index in [-0.39, 0.29) is 17.5 Å². The molecule has 0 aromatic heterocycles. The summed E-state index contributed by atoms with van der Waals surface area (Å²) in [6, 6.07) is 0. The van der Waals surface area contributed by atoms with E-state index in [1.165, 1.54) is 0 Å². The van der Waals surface area contributed by atoms with E-state index in [0.29, 0.717) is 18.7 Å². The van der Waals surface area contributed by atoms with Crippen molar-refractivity contribution in [3.63, 3.8) is 0 Å². The van der Waals surface area contributed by atoms with Gasteiger partial charge in [0, 0.05) is 18.4 Å². The Kier molecular flexibility index (Phi) is 2.34. The van der Waals surface area contributed by atoms with Crippen LogP contribution in [0.3, 0.4) is 0 Å². The van der Waals surface area contributed by atoms with Gasteiger partial charge in [-0.25, -0.2) is 0 Å². The molecule has 0 amide bonds. The number of hydrogen-bond donors (Lipinski definition) is 0. The largest absolute Gasteiger partial charge is 0.299 e. The lowest BCUT2D eigenvalue weighted by Crippen LogP contribution is -2.43. The summed E-state index contributed by atoms with van der Waals surface area (Å²) in [4.78, 5) is 28.6. The lowest BCUT2D eigenvalue weighted by atomic mass is 9.72. The Morgan fingerprint density at radius 3 is 2.62 bits per heavy atom. The first-order valence-corrected chi connectivity index (χ1v) is 5.91. The zero-order valence-corrected chi connectivity index (χ0v) is 10.5. The standard InChI is InChI=1S/C13H19NO2/c1-12(2,3)11(16)10-13(4)8(7-14-10)5-6-9(13)15/h8H,5-7H2,1-4H3/t8-,13+/m1/s1. The minimum absolute atomic E-state index is 0.0350. The van der Waals surface area contributed by atoms with Gasteiger partial charge in [-0.05, 0) is 19.3 Å². The van der Waals surface area contributed by atoms with Crippen LogP contribution in [0.15, 0.2) is 4.99 Å². The van der Waals surface area contributed by atoms with E-state index in [1.807, 2.05) is 27.7 Å². The predicted octanol–water partition coefficient (Wildman–Crippen LogP) is 2.04. The number of carbonyl (C=O) groups excluding carboxylic acids is 2. The summed E-state index contributed by atoms with van der Waals surface area (Å²) in [6.07, 6.45) is 1.50.